The van der Waals surface area contributed by atoms with Crippen LogP contribution in [0.3, 0.4) is 0 Å². The number of carbonyl (C=O) groups excluding carboxylic acids is 1. The number of nitrogens with one attached hydrogen (secondary N) is 2. The van der Waals surface area contributed by atoms with Crippen molar-refractivity contribution >= 4 is 41.7 Å². The van der Waals surface area contributed by atoms with Crippen molar-refractivity contribution in [2.45, 2.75) is 23.1 Å². The molecule has 0 aliphatic carbocycles. The monoisotopic (exact) mass is 382 g/mol. The summed E-state index contributed by atoms with van der Waals surface area (Å²) < 4.78 is 0. The first kappa shape index (κ1) is 19.1. The number of halogens is 2. The molecule has 1 unspecified atom stereocenters. The molecule has 1 fully saturated rings. The highest BCUT2D eigenvalue weighted by Crippen LogP contribution is 2.24. The van der Waals surface area contributed by atoms with Crippen LogP contribution >= 0.6 is 35.8 Å². The van der Waals surface area contributed by atoms with Gasteiger partial charge >= 0.3 is 0 Å². The molecule has 1 saturated heterocycles. The molecular weight excluding hydrogens is 363 g/mol. The molecule has 0 bridgehead atoms. The highest BCUT2D eigenvalue weighted by atomic mass is 35.5. The van der Waals surface area contributed by atoms with Crippen molar-refractivity contribution in [3.63, 3.8) is 0 Å². The summed E-state index contributed by atoms with van der Waals surface area (Å²) in [6, 6.07) is 15.9. The van der Waals surface area contributed by atoms with Crippen LogP contribution in [0.4, 0.5) is 0 Å². The smallest absolute Gasteiger partial charge is 0.251 e. The van der Waals surface area contributed by atoms with Gasteiger partial charge in [0.1, 0.15) is 0 Å². The number of benzene rings is 2. The summed E-state index contributed by atoms with van der Waals surface area (Å²) in [5.74, 6) is 0.881. The Hall–Kier alpha value is -1.20. The zero-order valence-electron chi connectivity index (χ0n) is 13.1. The zero-order chi connectivity index (χ0) is 16.1. The molecule has 3 rings (SSSR count). The van der Waals surface area contributed by atoms with Crippen LogP contribution in [0.2, 0.25) is 5.02 Å². The quantitative estimate of drug-likeness (QED) is 0.763. The van der Waals surface area contributed by atoms with E-state index < -0.39 is 0 Å². The summed E-state index contributed by atoms with van der Waals surface area (Å²) in [4.78, 5) is 13.4. The van der Waals surface area contributed by atoms with Gasteiger partial charge in [-0.1, -0.05) is 23.7 Å². The standard InChI is InChI=1S/C18H19ClN2OS.ClH/c19-15-5-7-17(8-6-15)23-12-13-1-3-14(4-2-13)18(22)21-16-9-10-20-11-16;/h1-8,16,20H,9-12H2,(H,21,22);1H. The van der Waals surface area contributed by atoms with E-state index in [-0.39, 0.29) is 24.4 Å². The molecular formula is C18H20Cl2N2OS. The van der Waals surface area contributed by atoms with E-state index in [2.05, 4.69) is 10.6 Å². The number of carbonyl (C=O) groups is 1. The zero-order valence-corrected chi connectivity index (χ0v) is 15.5. The maximum atomic E-state index is 12.2. The predicted molar refractivity (Wildman–Crippen MR) is 103 cm³/mol. The summed E-state index contributed by atoms with van der Waals surface area (Å²) in [6.07, 6.45) is 1.00. The third-order valence-corrected chi connectivity index (χ3v) is 5.17. The fourth-order valence-electron chi connectivity index (χ4n) is 2.50. The Bertz CT molecular complexity index is 656. The normalized spacial score (nSPS) is 16.5. The average Bonchev–Trinajstić information content (AvgIpc) is 3.08. The van der Waals surface area contributed by atoms with E-state index in [4.69, 9.17) is 11.6 Å². The average molecular weight is 383 g/mol. The van der Waals surface area contributed by atoms with Crippen molar-refractivity contribution in [1.82, 2.24) is 10.6 Å². The molecule has 1 amide bonds. The second-order valence-electron chi connectivity index (χ2n) is 5.60. The molecule has 6 heteroatoms. The second-order valence-corrected chi connectivity index (χ2v) is 7.09. The number of thioether (sulfide) groups is 1. The van der Waals surface area contributed by atoms with Gasteiger partial charge in [0, 0.05) is 33.8 Å². The Labute approximate surface area is 158 Å². The lowest BCUT2D eigenvalue weighted by Crippen LogP contribution is -2.36. The van der Waals surface area contributed by atoms with Crippen molar-refractivity contribution in [2.24, 2.45) is 0 Å². The van der Waals surface area contributed by atoms with Gasteiger partial charge in [0.15, 0.2) is 0 Å². The fourth-order valence-corrected chi connectivity index (χ4v) is 3.48. The van der Waals surface area contributed by atoms with Gasteiger partial charge in [-0.25, -0.2) is 0 Å². The molecule has 1 atom stereocenters. The van der Waals surface area contributed by atoms with Gasteiger partial charge in [0.25, 0.3) is 5.91 Å². The highest BCUT2D eigenvalue weighted by molar-refractivity contribution is 7.98. The summed E-state index contributed by atoms with van der Waals surface area (Å²) in [7, 11) is 0. The first-order valence-corrected chi connectivity index (χ1v) is 9.06. The number of rotatable bonds is 5. The van der Waals surface area contributed by atoms with Crippen LogP contribution < -0.4 is 10.6 Å². The third-order valence-electron chi connectivity index (χ3n) is 3.83. The minimum absolute atomic E-state index is 0. The van der Waals surface area contributed by atoms with Crippen molar-refractivity contribution in [3.05, 3.63) is 64.7 Å². The van der Waals surface area contributed by atoms with Gasteiger partial charge in [-0.05, 0) is 54.9 Å². The van der Waals surface area contributed by atoms with Crippen LogP contribution in [0, 0.1) is 0 Å². The molecule has 128 valence electrons. The molecule has 2 aromatic carbocycles. The van der Waals surface area contributed by atoms with Gasteiger partial charge < -0.3 is 10.6 Å². The molecule has 2 aromatic rings. The van der Waals surface area contributed by atoms with Crippen LogP contribution in [0.5, 0.6) is 0 Å². The van der Waals surface area contributed by atoms with Crippen LogP contribution in [-0.4, -0.2) is 25.0 Å². The molecule has 1 heterocycles. The van der Waals surface area contributed by atoms with E-state index in [0.717, 1.165) is 35.8 Å². The maximum absolute atomic E-state index is 12.2. The Morgan fingerprint density at radius 2 is 1.88 bits per heavy atom. The minimum Gasteiger partial charge on any atom is -0.348 e. The SMILES string of the molecule is Cl.O=C(NC1CCNC1)c1ccc(CSc2ccc(Cl)cc2)cc1. The summed E-state index contributed by atoms with van der Waals surface area (Å²) >= 11 is 7.64. The van der Waals surface area contributed by atoms with Gasteiger partial charge in [0.05, 0.1) is 0 Å². The van der Waals surface area contributed by atoms with Crippen molar-refractivity contribution in [1.29, 1.82) is 0 Å². The Morgan fingerprint density at radius 3 is 2.50 bits per heavy atom. The first-order valence-electron chi connectivity index (χ1n) is 7.69. The Morgan fingerprint density at radius 1 is 1.17 bits per heavy atom. The van der Waals surface area contributed by atoms with Gasteiger partial charge in [0.2, 0.25) is 0 Å². The van der Waals surface area contributed by atoms with Crippen molar-refractivity contribution in [3.8, 4) is 0 Å². The van der Waals surface area contributed by atoms with Gasteiger partial charge in [-0.3, -0.25) is 4.79 Å². The fraction of sp³-hybridized carbons (Fsp3) is 0.278. The lowest BCUT2D eigenvalue weighted by atomic mass is 10.1. The van der Waals surface area contributed by atoms with Crippen molar-refractivity contribution < 1.29 is 4.79 Å². The summed E-state index contributed by atoms with van der Waals surface area (Å²) in [5, 5.41) is 7.06. The van der Waals surface area contributed by atoms with Crippen molar-refractivity contribution in [2.75, 3.05) is 13.1 Å². The van der Waals surface area contributed by atoms with Crippen LogP contribution in [0.25, 0.3) is 0 Å². The van der Waals surface area contributed by atoms with Crippen LogP contribution in [0.1, 0.15) is 22.3 Å². The summed E-state index contributed by atoms with van der Waals surface area (Å²) in [6.45, 7) is 1.84. The number of amides is 1. The summed E-state index contributed by atoms with van der Waals surface area (Å²) in [5.41, 5.74) is 1.92. The topological polar surface area (TPSA) is 41.1 Å². The minimum atomic E-state index is 0. The highest BCUT2D eigenvalue weighted by Gasteiger charge is 2.17. The molecule has 0 spiro atoms. The largest absolute Gasteiger partial charge is 0.348 e. The Kier molecular flexibility index (Phi) is 7.43. The molecule has 2 N–H and O–H groups in total. The van der Waals surface area contributed by atoms with E-state index in [9.17, 15) is 4.79 Å². The molecule has 3 nitrogen and oxygen atoms in total. The molecule has 1 aliphatic rings. The molecule has 1 aliphatic heterocycles. The van der Waals surface area contributed by atoms with Crippen LogP contribution in [-0.2, 0) is 5.75 Å². The first-order chi connectivity index (χ1) is 11.2. The molecule has 0 aromatic heterocycles. The third kappa shape index (κ3) is 5.42. The van der Waals surface area contributed by atoms with E-state index in [1.807, 2.05) is 48.5 Å². The molecule has 24 heavy (non-hydrogen) atoms. The lowest BCUT2D eigenvalue weighted by Gasteiger charge is -2.11. The molecule has 0 saturated carbocycles. The lowest BCUT2D eigenvalue weighted by molar-refractivity contribution is 0.0940. The van der Waals surface area contributed by atoms with E-state index in [1.165, 1.54) is 10.5 Å². The Balaban J connectivity index is 0.00000208. The number of hydrogen-bond donors (Lipinski definition) is 2. The second kappa shape index (κ2) is 9.33. The van der Waals surface area contributed by atoms with E-state index in [0.29, 0.717) is 0 Å². The van der Waals surface area contributed by atoms with Gasteiger partial charge in [-0.2, -0.15) is 0 Å². The number of hydrogen-bond acceptors (Lipinski definition) is 3. The van der Waals surface area contributed by atoms with Gasteiger partial charge in [-0.15, -0.1) is 24.2 Å². The van der Waals surface area contributed by atoms with E-state index >= 15 is 0 Å². The van der Waals surface area contributed by atoms with Crippen LogP contribution in [0.15, 0.2) is 53.4 Å². The maximum Gasteiger partial charge on any atom is 0.251 e. The van der Waals surface area contributed by atoms with E-state index in [1.54, 1.807) is 11.8 Å². The predicted octanol–water partition coefficient (Wildman–Crippen LogP) is 4.15. The molecule has 0 radical (unpaired) electrons.